The molecular formula is C11H12F3NO4S. The number of ether oxygens (including phenoxy) is 1. The Bertz CT molecular complexity index is 479. The van der Waals surface area contributed by atoms with E-state index in [0.717, 1.165) is 12.1 Å². The van der Waals surface area contributed by atoms with Gasteiger partial charge in [0.05, 0.1) is 17.6 Å². The molecule has 0 spiro atoms. The van der Waals surface area contributed by atoms with Crippen molar-refractivity contribution < 1.29 is 27.9 Å². The predicted octanol–water partition coefficient (Wildman–Crippen LogP) is 3.28. The molecule has 1 atom stereocenters. The zero-order chi connectivity index (χ0) is 15.3. The van der Waals surface area contributed by atoms with E-state index >= 15 is 0 Å². The Morgan fingerprint density at radius 2 is 2.15 bits per heavy atom. The second kappa shape index (κ2) is 6.80. The Morgan fingerprint density at radius 1 is 1.50 bits per heavy atom. The molecule has 0 radical (unpaired) electrons. The van der Waals surface area contributed by atoms with Gasteiger partial charge in [0.1, 0.15) is 5.75 Å². The number of halogens is 3. The van der Waals surface area contributed by atoms with Gasteiger partial charge in [0.25, 0.3) is 5.69 Å². The van der Waals surface area contributed by atoms with Crippen molar-refractivity contribution in [1.29, 1.82) is 0 Å². The summed E-state index contributed by atoms with van der Waals surface area (Å²) >= 11 is -0.221. The second-order valence-electron chi connectivity index (χ2n) is 3.80. The summed E-state index contributed by atoms with van der Waals surface area (Å²) < 4.78 is 40.9. The number of nitro groups is 1. The predicted molar refractivity (Wildman–Crippen MR) is 67.7 cm³/mol. The van der Waals surface area contributed by atoms with E-state index in [1.807, 2.05) is 0 Å². The topological polar surface area (TPSA) is 72.6 Å². The van der Waals surface area contributed by atoms with Crippen molar-refractivity contribution in [3.63, 3.8) is 0 Å². The number of hydrogen-bond acceptors (Lipinski definition) is 5. The van der Waals surface area contributed by atoms with Gasteiger partial charge in [-0.3, -0.25) is 10.1 Å². The standard InChI is InChI=1S/C11H12F3NO4S/c1-7(16)9-6-8(15(17)18)2-3-10(9)19-4-5-20-11(12,13)14/h2-3,6-7,16H,4-5H2,1H3/t7-/m0/s1. The third-order valence-electron chi connectivity index (χ3n) is 2.26. The summed E-state index contributed by atoms with van der Waals surface area (Å²) in [6.07, 6.45) is -1.03. The number of non-ortho nitro benzene ring substituents is 1. The van der Waals surface area contributed by atoms with E-state index in [0.29, 0.717) is 0 Å². The highest BCUT2D eigenvalue weighted by atomic mass is 32.2. The molecule has 1 N–H and O–H groups in total. The molecule has 0 aliphatic carbocycles. The van der Waals surface area contributed by atoms with E-state index in [9.17, 15) is 28.4 Å². The van der Waals surface area contributed by atoms with Gasteiger partial charge in [0.2, 0.25) is 0 Å². The van der Waals surface area contributed by atoms with Crippen LogP contribution < -0.4 is 4.74 Å². The number of rotatable bonds is 6. The van der Waals surface area contributed by atoms with Gasteiger partial charge in [-0.25, -0.2) is 0 Å². The zero-order valence-corrected chi connectivity index (χ0v) is 11.2. The lowest BCUT2D eigenvalue weighted by atomic mass is 10.1. The SMILES string of the molecule is C[C@H](O)c1cc([N+](=O)[O-])ccc1OCCSC(F)(F)F. The molecule has 112 valence electrons. The van der Waals surface area contributed by atoms with Crippen LogP contribution in [0.25, 0.3) is 0 Å². The van der Waals surface area contributed by atoms with Crippen molar-refractivity contribution in [2.75, 3.05) is 12.4 Å². The van der Waals surface area contributed by atoms with Gasteiger partial charge >= 0.3 is 5.51 Å². The molecule has 0 aromatic heterocycles. The van der Waals surface area contributed by atoms with Gasteiger partial charge < -0.3 is 9.84 Å². The minimum atomic E-state index is -4.33. The van der Waals surface area contributed by atoms with Crippen molar-refractivity contribution in [2.24, 2.45) is 0 Å². The lowest BCUT2D eigenvalue weighted by Gasteiger charge is -2.13. The lowest BCUT2D eigenvalue weighted by molar-refractivity contribution is -0.385. The molecule has 0 unspecified atom stereocenters. The van der Waals surface area contributed by atoms with E-state index in [1.165, 1.54) is 13.0 Å². The third kappa shape index (κ3) is 5.25. The molecule has 0 fully saturated rings. The minimum Gasteiger partial charge on any atom is -0.492 e. The maximum absolute atomic E-state index is 11.9. The normalized spacial score (nSPS) is 13.1. The number of aliphatic hydroxyl groups is 1. The molecule has 1 aromatic carbocycles. The quantitative estimate of drug-likeness (QED) is 0.496. The van der Waals surface area contributed by atoms with E-state index < -0.39 is 16.5 Å². The van der Waals surface area contributed by atoms with E-state index in [-0.39, 0.29) is 41.1 Å². The Kier molecular flexibility index (Phi) is 5.63. The number of thioether (sulfide) groups is 1. The molecule has 0 aliphatic rings. The summed E-state index contributed by atoms with van der Waals surface area (Å²) in [6.45, 7) is 1.16. The third-order valence-corrected chi connectivity index (χ3v) is 2.96. The van der Waals surface area contributed by atoms with Crippen LogP contribution in [0.3, 0.4) is 0 Å². The molecule has 0 saturated heterocycles. The van der Waals surface area contributed by atoms with Crippen LogP contribution in [0.5, 0.6) is 5.75 Å². The van der Waals surface area contributed by atoms with Crippen LogP contribution in [-0.2, 0) is 0 Å². The number of nitrogens with zero attached hydrogens (tertiary/aromatic N) is 1. The zero-order valence-electron chi connectivity index (χ0n) is 10.4. The number of nitro benzene ring substituents is 1. The second-order valence-corrected chi connectivity index (χ2v) is 4.96. The van der Waals surface area contributed by atoms with Crippen LogP contribution in [0.15, 0.2) is 18.2 Å². The molecule has 0 saturated carbocycles. The summed E-state index contributed by atoms with van der Waals surface area (Å²) in [4.78, 5) is 9.98. The van der Waals surface area contributed by atoms with E-state index in [4.69, 9.17) is 4.74 Å². The average molecular weight is 311 g/mol. The van der Waals surface area contributed by atoms with Gasteiger partial charge in [-0.2, -0.15) is 13.2 Å². The first-order valence-electron chi connectivity index (χ1n) is 5.50. The van der Waals surface area contributed by atoms with Crippen LogP contribution in [0, 0.1) is 10.1 Å². The van der Waals surface area contributed by atoms with Gasteiger partial charge in [0.15, 0.2) is 0 Å². The Morgan fingerprint density at radius 3 is 2.65 bits per heavy atom. The molecule has 5 nitrogen and oxygen atoms in total. The molecule has 0 aliphatic heterocycles. The monoisotopic (exact) mass is 311 g/mol. The molecule has 9 heteroatoms. The molecule has 1 aromatic rings. The highest BCUT2D eigenvalue weighted by molar-refractivity contribution is 8.00. The number of benzene rings is 1. The molecular weight excluding hydrogens is 299 g/mol. The van der Waals surface area contributed by atoms with Gasteiger partial charge in [-0.15, -0.1) is 0 Å². The lowest BCUT2D eigenvalue weighted by Crippen LogP contribution is -2.09. The summed E-state index contributed by atoms with van der Waals surface area (Å²) in [5.41, 5.74) is -4.39. The van der Waals surface area contributed by atoms with Crippen molar-refractivity contribution in [1.82, 2.24) is 0 Å². The van der Waals surface area contributed by atoms with Gasteiger partial charge in [0, 0.05) is 23.4 Å². The van der Waals surface area contributed by atoms with Gasteiger partial charge in [-0.05, 0) is 24.8 Å². The fourth-order valence-corrected chi connectivity index (χ4v) is 1.81. The summed E-state index contributed by atoms with van der Waals surface area (Å²) in [5, 5.41) is 20.1. The molecule has 0 heterocycles. The van der Waals surface area contributed by atoms with Crippen LogP contribution in [-0.4, -0.2) is 27.9 Å². The van der Waals surface area contributed by atoms with Crippen LogP contribution in [0.4, 0.5) is 18.9 Å². The van der Waals surface area contributed by atoms with Crippen molar-refractivity contribution >= 4 is 17.4 Å². The Balaban J connectivity index is 2.72. The molecule has 0 bridgehead atoms. The fourth-order valence-electron chi connectivity index (χ4n) is 1.42. The summed E-state index contributed by atoms with van der Waals surface area (Å²) in [5.74, 6) is -0.173. The first-order chi connectivity index (χ1) is 9.20. The van der Waals surface area contributed by atoms with Crippen molar-refractivity contribution in [2.45, 2.75) is 18.5 Å². The van der Waals surface area contributed by atoms with Crippen molar-refractivity contribution in [3.05, 3.63) is 33.9 Å². The minimum absolute atomic E-state index is 0.133. The average Bonchev–Trinajstić information content (AvgIpc) is 2.33. The maximum Gasteiger partial charge on any atom is 0.441 e. The van der Waals surface area contributed by atoms with Crippen LogP contribution in [0.1, 0.15) is 18.6 Å². The summed E-state index contributed by atoms with van der Waals surface area (Å²) in [6, 6.07) is 3.56. The number of aliphatic hydroxyl groups excluding tert-OH is 1. The highest BCUT2D eigenvalue weighted by Gasteiger charge is 2.27. The first-order valence-corrected chi connectivity index (χ1v) is 6.49. The maximum atomic E-state index is 11.9. The highest BCUT2D eigenvalue weighted by Crippen LogP contribution is 2.31. The molecule has 0 amide bonds. The largest absolute Gasteiger partial charge is 0.492 e. The fraction of sp³-hybridized carbons (Fsp3) is 0.455. The number of hydrogen-bond donors (Lipinski definition) is 1. The van der Waals surface area contributed by atoms with E-state index in [2.05, 4.69) is 0 Å². The van der Waals surface area contributed by atoms with E-state index in [1.54, 1.807) is 0 Å². The molecule has 1 rings (SSSR count). The smallest absolute Gasteiger partial charge is 0.441 e. The Hall–Kier alpha value is -1.48. The summed E-state index contributed by atoms with van der Waals surface area (Å²) in [7, 11) is 0. The van der Waals surface area contributed by atoms with Gasteiger partial charge in [-0.1, -0.05) is 0 Å². The van der Waals surface area contributed by atoms with Crippen LogP contribution in [0.2, 0.25) is 0 Å². The molecule has 20 heavy (non-hydrogen) atoms. The van der Waals surface area contributed by atoms with Crippen molar-refractivity contribution in [3.8, 4) is 5.75 Å². The number of alkyl halides is 3. The Labute approximate surface area is 116 Å². The van der Waals surface area contributed by atoms with Crippen LogP contribution >= 0.6 is 11.8 Å². The first kappa shape index (κ1) is 16.6.